The summed E-state index contributed by atoms with van der Waals surface area (Å²) in [5, 5.41) is 5.22. The molecule has 1 amide bonds. The van der Waals surface area contributed by atoms with Gasteiger partial charge in [-0.1, -0.05) is 0 Å². The first-order valence-electron chi connectivity index (χ1n) is 5.63. The van der Waals surface area contributed by atoms with Crippen molar-refractivity contribution >= 4 is 17.5 Å². The number of hydrogen-bond donors (Lipinski definition) is 3. The molecule has 4 N–H and O–H groups in total. The van der Waals surface area contributed by atoms with Crippen LogP contribution in [-0.2, 0) is 11.0 Å². The van der Waals surface area contributed by atoms with E-state index in [1.54, 1.807) is 6.92 Å². The summed E-state index contributed by atoms with van der Waals surface area (Å²) in [6.07, 6.45) is -4.49. The zero-order chi connectivity index (χ0) is 14.6. The van der Waals surface area contributed by atoms with Gasteiger partial charge in [0.1, 0.15) is 17.7 Å². The fourth-order valence-corrected chi connectivity index (χ4v) is 1.33. The van der Waals surface area contributed by atoms with Crippen LogP contribution in [0.5, 0.6) is 0 Å². The van der Waals surface area contributed by atoms with Crippen LogP contribution in [0.4, 0.5) is 24.8 Å². The largest absolute Gasteiger partial charge is 0.416 e. The van der Waals surface area contributed by atoms with Crippen molar-refractivity contribution in [1.82, 2.24) is 4.98 Å². The predicted molar refractivity (Wildman–Crippen MR) is 65.7 cm³/mol. The Morgan fingerprint density at radius 3 is 2.47 bits per heavy atom. The lowest BCUT2D eigenvalue weighted by Crippen LogP contribution is -2.32. The first kappa shape index (κ1) is 15.1. The molecule has 0 radical (unpaired) electrons. The van der Waals surface area contributed by atoms with Crippen LogP contribution in [-0.4, -0.2) is 23.5 Å². The van der Waals surface area contributed by atoms with E-state index in [9.17, 15) is 18.0 Å². The van der Waals surface area contributed by atoms with Gasteiger partial charge in [0.05, 0.1) is 5.56 Å². The Hall–Kier alpha value is -1.99. The van der Waals surface area contributed by atoms with Gasteiger partial charge in [-0.15, -0.1) is 0 Å². The highest BCUT2D eigenvalue weighted by Gasteiger charge is 2.31. The second-order valence-corrected chi connectivity index (χ2v) is 3.92. The Balaban J connectivity index is 3.09. The fraction of sp³-hybridized carbons (Fsp3) is 0.455. The molecule has 0 fully saturated rings. The van der Waals surface area contributed by atoms with Gasteiger partial charge < -0.3 is 16.4 Å². The Morgan fingerprint density at radius 2 is 2.00 bits per heavy atom. The third-order valence-electron chi connectivity index (χ3n) is 2.30. The molecule has 19 heavy (non-hydrogen) atoms. The number of rotatable bonds is 5. The lowest BCUT2D eigenvalue weighted by molar-refractivity contribution is -0.137. The van der Waals surface area contributed by atoms with Crippen molar-refractivity contribution in [3.63, 3.8) is 0 Å². The van der Waals surface area contributed by atoms with Gasteiger partial charge in [-0.05, 0) is 26.0 Å². The van der Waals surface area contributed by atoms with Crippen molar-refractivity contribution in [3.05, 3.63) is 17.7 Å². The van der Waals surface area contributed by atoms with Gasteiger partial charge in [0.2, 0.25) is 5.91 Å². The lowest BCUT2D eigenvalue weighted by Gasteiger charge is -2.15. The molecule has 5 nitrogen and oxygen atoms in total. The van der Waals surface area contributed by atoms with E-state index in [1.165, 1.54) is 6.92 Å². The number of primary amides is 1. The first-order chi connectivity index (χ1) is 8.74. The summed E-state index contributed by atoms with van der Waals surface area (Å²) in [7, 11) is 0. The summed E-state index contributed by atoms with van der Waals surface area (Å²) >= 11 is 0. The van der Waals surface area contributed by atoms with Gasteiger partial charge in [-0.2, -0.15) is 13.2 Å². The molecule has 0 bridgehead atoms. The minimum atomic E-state index is -4.49. The van der Waals surface area contributed by atoms with Crippen molar-refractivity contribution in [2.75, 3.05) is 17.2 Å². The Bertz CT molecular complexity index is 462. The number of carbonyl (C=O) groups is 1. The van der Waals surface area contributed by atoms with E-state index >= 15 is 0 Å². The molecule has 1 atom stereocenters. The number of nitrogens with zero attached hydrogens (tertiary/aromatic N) is 1. The van der Waals surface area contributed by atoms with Crippen LogP contribution in [0.2, 0.25) is 0 Å². The van der Waals surface area contributed by atoms with Gasteiger partial charge in [0.25, 0.3) is 0 Å². The van der Waals surface area contributed by atoms with E-state index in [0.717, 1.165) is 12.1 Å². The van der Waals surface area contributed by atoms with Crippen LogP contribution in [0.3, 0.4) is 0 Å². The van der Waals surface area contributed by atoms with Crippen LogP contribution in [0, 0.1) is 0 Å². The molecule has 1 aromatic rings. The number of alkyl halides is 3. The number of halogens is 3. The van der Waals surface area contributed by atoms with Gasteiger partial charge >= 0.3 is 6.18 Å². The highest BCUT2D eigenvalue weighted by molar-refractivity contribution is 5.82. The number of carbonyl (C=O) groups excluding carboxylic acids is 1. The molecule has 0 spiro atoms. The van der Waals surface area contributed by atoms with Crippen LogP contribution >= 0.6 is 0 Å². The number of hydrogen-bond acceptors (Lipinski definition) is 4. The number of anilines is 2. The van der Waals surface area contributed by atoms with E-state index in [-0.39, 0.29) is 11.6 Å². The smallest absolute Gasteiger partial charge is 0.370 e. The zero-order valence-corrected chi connectivity index (χ0v) is 10.5. The third-order valence-corrected chi connectivity index (χ3v) is 2.30. The summed E-state index contributed by atoms with van der Waals surface area (Å²) in [5.41, 5.74) is 4.19. The quantitative estimate of drug-likeness (QED) is 0.766. The average molecular weight is 276 g/mol. The van der Waals surface area contributed by atoms with Gasteiger partial charge in [0.15, 0.2) is 0 Å². The monoisotopic (exact) mass is 276 g/mol. The molecule has 0 saturated carbocycles. The highest BCUT2D eigenvalue weighted by atomic mass is 19.4. The SMILES string of the molecule is CCNc1cc(C(F)(F)F)cc(NC(C)C(N)=O)n1. The average Bonchev–Trinajstić information content (AvgIpc) is 2.27. The molecular formula is C11H15F3N4O. The number of aromatic nitrogens is 1. The van der Waals surface area contributed by atoms with Crippen molar-refractivity contribution < 1.29 is 18.0 Å². The second kappa shape index (κ2) is 5.77. The number of nitrogens with one attached hydrogen (secondary N) is 2. The molecule has 8 heteroatoms. The minimum Gasteiger partial charge on any atom is -0.370 e. The Kier molecular flexibility index (Phi) is 4.57. The summed E-state index contributed by atoms with van der Waals surface area (Å²) in [5.74, 6) is -0.655. The standard InChI is InChI=1S/C11H15F3N4O/c1-3-16-8-4-7(11(12,13)14)5-9(18-8)17-6(2)10(15)19/h4-6H,3H2,1-2H3,(H2,15,19)(H2,16,17,18). The molecule has 0 aliphatic carbocycles. The molecule has 1 unspecified atom stereocenters. The topological polar surface area (TPSA) is 80.0 Å². The molecular weight excluding hydrogens is 261 g/mol. The van der Waals surface area contributed by atoms with Crippen molar-refractivity contribution in [2.45, 2.75) is 26.1 Å². The number of pyridine rings is 1. The molecule has 0 aromatic carbocycles. The van der Waals surface area contributed by atoms with Crippen LogP contribution < -0.4 is 16.4 Å². The fourth-order valence-electron chi connectivity index (χ4n) is 1.33. The van der Waals surface area contributed by atoms with E-state index < -0.39 is 23.7 Å². The summed E-state index contributed by atoms with van der Waals surface area (Å²) in [4.78, 5) is 14.8. The van der Waals surface area contributed by atoms with Crippen LogP contribution in [0.15, 0.2) is 12.1 Å². The maximum Gasteiger partial charge on any atom is 0.416 e. The van der Waals surface area contributed by atoms with E-state index in [2.05, 4.69) is 15.6 Å². The highest BCUT2D eigenvalue weighted by Crippen LogP contribution is 2.32. The molecule has 0 saturated heterocycles. The molecule has 0 aliphatic heterocycles. The third kappa shape index (κ3) is 4.31. The minimum absolute atomic E-state index is 0.0583. The predicted octanol–water partition coefficient (Wildman–Crippen LogP) is 1.82. The molecule has 1 heterocycles. The number of nitrogens with two attached hydrogens (primary N) is 1. The van der Waals surface area contributed by atoms with E-state index in [4.69, 9.17) is 5.73 Å². The van der Waals surface area contributed by atoms with E-state index in [0.29, 0.717) is 6.54 Å². The van der Waals surface area contributed by atoms with Crippen molar-refractivity contribution in [1.29, 1.82) is 0 Å². The van der Waals surface area contributed by atoms with Crippen molar-refractivity contribution in [2.24, 2.45) is 5.73 Å². The molecule has 1 rings (SSSR count). The normalized spacial score (nSPS) is 12.9. The van der Waals surface area contributed by atoms with Gasteiger partial charge in [-0.3, -0.25) is 4.79 Å². The summed E-state index contributed by atoms with van der Waals surface area (Å²) < 4.78 is 38.1. The van der Waals surface area contributed by atoms with Gasteiger partial charge in [-0.25, -0.2) is 4.98 Å². The molecule has 106 valence electrons. The second-order valence-electron chi connectivity index (χ2n) is 3.92. The summed E-state index contributed by atoms with van der Waals surface area (Å²) in [6.45, 7) is 3.61. The maximum atomic E-state index is 12.7. The Labute approximate surface area is 108 Å². The maximum absolute atomic E-state index is 12.7. The number of amides is 1. The first-order valence-corrected chi connectivity index (χ1v) is 5.63. The lowest BCUT2D eigenvalue weighted by atomic mass is 10.2. The van der Waals surface area contributed by atoms with Gasteiger partial charge in [0, 0.05) is 6.54 Å². The van der Waals surface area contributed by atoms with Crippen LogP contribution in [0.1, 0.15) is 19.4 Å². The van der Waals surface area contributed by atoms with E-state index in [1.807, 2.05) is 0 Å². The van der Waals surface area contributed by atoms with Crippen molar-refractivity contribution in [3.8, 4) is 0 Å². The molecule has 0 aliphatic rings. The zero-order valence-electron chi connectivity index (χ0n) is 10.5. The molecule has 1 aromatic heterocycles. The Morgan fingerprint density at radius 1 is 1.42 bits per heavy atom. The van der Waals surface area contributed by atoms with Crippen LogP contribution in [0.25, 0.3) is 0 Å². The summed E-state index contributed by atoms with van der Waals surface area (Å²) in [6, 6.07) is 0.926.